The number of carboxylic acid groups (broad SMARTS) is 1. The third-order valence-electron chi connectivity index (χ3n) is 3.67. The van der Waals surface area contributed by atoms with E-state index in [4.69, 9.17) is 10.8 Å². The highest BCUT2D eigenvalue weighted by molar-refractivity contribution is 5.90. The summed E-state index contributed by atoms with van der Waals surface area (Å²) < 4.78 is 0. The minimum absolute atomic E-state index is 0.166. The molecule has 0 fully saturated rings. The van der Waals surface area contributed by atoms with Crippen LogP contribution in [-0.2, 0) is 4.79 Å². The van der Waals surface area contributed by atoms with Gasteiger partial charge in [0, 0.05) is 5.70 Å². The number of aliphatic carboxylic acids is 1. The van der Waals surface area contributed by atoms with Crippen LogP contribution in [0.25, 0.3) is 0 Å². The summed E-state index contributed by atoms with van der Waals surface area (Å²) in [5.74, 6) is -0.164. The number of allylic oxidation sites excluding steroid dienone is 5. The maximum absolute atomic E-state index is 11.1. The van der Waals surface area contributed by atoms with Gasteiger partial charge in [-0.25, -0.2) is 4.79 Å². The molecule has 0 amide bonds. The fraction of sp³-hybridized carbons (Fsp3) is 0.526. The Balaban J connectivity index is 4.65. The van der Waals surface area contributed by atoms with Gasteiger partial charge in [-0.1, -0.05) is 64.0 Å². The summed E-state index contributed by atoms with van der Waals surface area (Å²) in [6.45, 7) is 12.2. The molecule has 2 unspecified atom stereocenters. The summed E-state index contributed by atoms with van der Waals surface area (Å²) in [6.07, 6.45) is 11.0. The molecule has 2 atom stereocenters. The summed E-state index contributed by atoms with van der Waals surface area (Å²) >= 11 is 0. The number of rotatable bonds is 10. The van der Waals surface area contributed by atoms with Gasteiger partial charge < -0.3 is 10.8 Å². The van der Waals surface area contributed by atoms with Gasteiger partial charge in [-0.2, -0.15) is 0 Å². The maximum atomic E-state index is 11.1. The van der Waals surface area contributed by atoms with Crippen molar-refractivity contribution in [2.45, 2.75) is 53.4 Å². The maximum Gasteiger partial charge on any atom is 0.335 e. The van der Waals surface area contributed by atoms with E-state index >= 15 is 0 Å². The van der Waals surface area contributed by atoms with E-state index in [0.29, 0.717) is 5.92 Å². The molecule has 0 saturated heterocycles. The van der Waals surface area contributed by atoms with Gasteiger partial charge in [0.1, 0.15) is 0 Å². The molecule has 0 radical (unpaired) electrons. The van der Waals surface area contributed by atoms with Crippen molar-refractivity contribution in [2.75, 3.05) is 0 Å². The van der Waals surface area contributed by atoms with Crippen molar-refractivity contribution >= 4 is 5.97 Å². The summed E-state index contributed by atoms with van der Waals surface area (Å²) in [4.78, 5) is 11.1. The van der Waals surface area contributed by atoms with Gasteiger partial charge in [0.25, 0.3) is 0 Å². The molecule has 3 heteroatoms. The Morgan fingerprint density at radius 3 is 2.50 bits per heavy atom. The highest BCUT2D eigenvalue weighted by Crippen LogP contribution is 2.19. The van der Waals surface area contributed by atoms with Gasteiger partial charge in [-0.3, -0.25) is 0 Å². The summed E-state index contributed by atoms with van der Waals surface area (Å²) in [5.41, 5.74) is 8.04. The highest BCUT2D eigenvalue weighted by atomic mass is 16.4. The molecular weight excluding hydrogens is 274 g/mol. The smallest absolute Gasteiger partial charge is 0.335 e. The van der Waals surface area contributed by atoms with Crippen LogP contribution in [-0.4, -0.2) is 11.1 Å². The lowest BCUT2D eigenvalue weighted by Crippen LogP contribution is -2.06. The molecule has 124 valence electrons. The molecule has 0 aromatic carbocycles. The van der Waals surface area contributed by atoms with Crippen LogP contribution in [0.5, 0.6) is 0 Å². The van der Waals surface area contributed by atoms with Crippen molar-refractivity contribution in [3.63, 3.8) is 0 Å². The van der Waals surface area contributed by atoms with Crippen molar-refractivity contribution in [3.05, 3.63) is 47.7 Å². The molecule has 3 N–H and O–H groups in total. The Morgan fingerprint density at radius 2 is 2.00 bits per heavy atom. The molecule has 22 heavy (non-hydrogen) atoms. The Morgan fingerprint density at radius 1 is 1.36 bits per heavy atom. The van der Waals surface area contributed by atoms with Crippen LogP contribution in [0, 0.1) is 11.8 Å². The van der Waals surface area contributed by atoms with Crippen molar-refractivity contribution in [1.29, 1.82) is 0 Å². The number of carboxylic acids is 1. The van der Waals surface area contributed by atoms with Gasteiger partial charge in [-0.05, 0) is 37.7 Å². The Bertz CT molecular complexity index is 458. The number of nitrogens with two attached hydrogens (primary N) is 1. The first-order valence-corrected chi connectivity index (χ1v) is 8.02. The van der Waals surface area contributed by atoms with Crippen LogP contribution in [0.15, 0.2) is 47.7 Å². The second kappa shape index (κ2) is 10.9. The van der Waals surface area contributed by atoms with Crippen molar-refractivity contribution in [3.8, 4) is 0 Å². The Hall–Kier alpha value is -1.77. The zero-order chi connectivity index (χ0) is 17.1. The Labute approximate surface area is 135 Å². The van der Waals surface area contributed by atoms with Crippen molar-refractivity contribution in [2.24, 2.45) is 17.6 Å². The molecule has 0 saturated carbocycles. The van der Waals surface area contributed by atoms with Gasteiger partial charge in [0.05, 0.1) is 5.57 Å². The quantitative estimate of drug-likeness (QED) is 0.449. The van der Waals surface area contributed by atoms with Gasteiger partial charge in [-0.15, -0.1) is 0 Å². The largest absolute Gasteiger partial charge is 0.478 e. The van der Waals surface area contributed by atoms with Crippen LogP contribution >= 0.6 is 0 Å². The SMILES string of the molecule is C=C(/C=C(\C=C/C)C(=O)O)C(C)C/C=C(\N)CC(C)CCC. The first-order valence-electron chi connectivity index (χ1n) is 8.02. The van der Waals surface area contributed by atoms with Crippen LogP contribution in [0.4, 0.5) is 0 Å². The molecule has 0 spiro atoms. The van der Waals surface area contributed by atoms with E-state index in [1.54, 1.807) is 25.2 Å². The van der Waals surface area contributed by atoms with E-state index < -0.39 is 5.97 Å². The van der Waals surface area contributed by atoms with Crippen LogP contribution < -0.4 is 5.73 Å². The van der Waals surface area contributed by atoms with Gasteiger partial charge in [0.15, 0.2) is 0 Å². The standard InChI is InChI=1S/C19H31NO2/c1-6-8-14(3)12-18(20)11-10-15(4)16(5)13-17(9-7-2)19(21)22/h7,9,11,13-15H,5-6,8,10,12,20H2,1-4H3,(H,21,22)/b9-7-,17-13+,18-11-. The van der Waals surface area contributed by atoms with E-state index in [-0.39, 0.29) is 11.5 Å². The minimum atomic E-state index is -0.935. The monoisotopic (exact) mass is 305 g/mol. The number of hydrogen-bond donors (Lipinski definition) is 2. The molecule has 0 heterocycles. The fourth-order valence-corrected chi connectivity index (χ4v) is 2.26. The van der Waals surface area contributed by atoms with E-state index in [2.05, 4.69) is 20.4 Å². The lowest BCUT2D eigenvalue weighted by Gasteiger charge is -2.13. The normalized spacial score (nSPS) is 15.8. The second-order valence-electron chi connectivity index (χ2n) is 5.99. The molecule has 0 aromatic rings. The second-order valence-corrected chi connectivity index (χ2v) is 5.99. The molecule has 0 aliphatic heterocycles. The zero-order valence-corrected chi connectivity index (χ0v) is 14.4. The third kappa shape index (κ3) is 8.50. The summed E-state index contributed by atoms with van der Waals surface area (Å²) in [6, 6.07) is 0. The summed E-state index contributed by atoms with van der Waals surface area (Å²) in [5, 5.41) is 9.11. The van der Waals surface area contributed by atoms with Gasteiger partial charge >= 0.3 is 5.97 Å². The van der Waals surface area contributed by atoms with E-state index in [1.807, 2.05) is 13.0 Å². The molecule has 0 rings (SSSR count). The van der Waals surface area contributed by atoms with Crippen molar-refractivity contribution < 1.29 is 9.90 Å². The molecule has 3 nitrogen and oxygen atoms in total. The van der Waals surface area contributed by atoms with E-state index in [9.17, 15) is 4.79 Å². The highest BCUT2D eigenvalue weighted by Gasteiger charge is 2.09. The molecule has 0 aliphatic rings. The predicted molar refractivity (Wildman–Crippen MR) is 94.4 cm³/mol. The number of carbonyl (C=O) groups is 1. The molecule has 0 aromatic heterocycles. The van der Waals surface area contributed by atoms with E-state index in [1.165, 1.54) is 12.8 Å². The molecule has 0 aliphatic carbocycles. The van der Waals surface area contributed by atoms with E-state index in [0.717, 1.165) is 24.1 Å². The molecule has 0 bridgehead atoms. The minimum Gasteiger partial charge on any atom is -0.478 e. The first kappa shape index (κ1) is 20.2. The van der Waals surface area contributed by atoms with Crippen LogP contribution in [0.2, 0.25) is 0 Å². The molecular formula is C19H31NO2. The zero-order valence-electron chi connectivity index (χ0n) is 14.4. The average molecular weight is 305 g/mol. The fourth-order valence-electron chi connectivity index (χ4n) is 2.26. The first-order chi connectivity index (χ1) is 10.3. The van der Waals surface area contributed by atoms with Crippen LogP contribution in [0.3, 0.4) is 0 Å². The lowest BCUT2D eigenvalue weighted by atomic mass is 9.94. The van der Waals surface area contributed by atoms with Crippen molar-refractivity contribution in [1.82, 2.24) is 0 Å². The van der Waals surface area contributed by atoms with Crippen LogP contribution in [0.1, 0.15) is 53.4 Å². The average Bonchev–Trinajstić information content (AvgIpc) is 2.44. The third-order valence-corrected chi connectivity index (χ3v) is 3.67. The predicted octanol–water partition coefficient (Wildman–Crippen LogP) is 4.82. The number of hydrogen-bond acceptors (Lipinski definition) is 2. The topological polar surface area (TPSA) is 63.3 Å². The Kier molecular flexibility index (Phi) is 10.0. The summed E-state index contributed by atoms with van der Waals surface area (Å²) in [7, 11) is 0. The lowest BCUT2D eigenvalue weighted by molar-refractivity contribution is -0.132. The van der Waals surface area contributed by atoms with Gasteiger partial charge in [0.2, 0.25) is 0 Å².